The van der Waals surface area contributed by atoms with Gasteiger partial charge >= 0.3 is 0 Å². The lowest BCUT2D eigenvalue weighted by Gasteiger charge is -2.29. The van der Waals surface area contributed by atoms with Gasteiger partial charge in [0.1, 0.15) is 6.04 Å². The maximum absolute atomic E-state index is 14.8. The van der Waals surface area contributed by atoms with E-state index in [1.807, 2.05) is 0 Å². The summed E-state index contributed by atoms with van der Waals surface area (Å²) in [7, 11) is 0. The summed E-state index contributed by atoms with van der Waals surface area (Å²) in [6, 6.07) is 11.4. The minimum atomic E-state index is -0.985. The Kier molecular flexibility index (Phi) is 9.60. The van der Waals surface area contributed by atoms with E-state index in [9.17, 15) is 19.1 Å². The van der Waals surface area contributed by atoms with E-state index in [2.05, 4.69) is 53.1 Å². The number of nitrogens with one attached hydrogen (secondary N) is 3. The topological polar surface area (TPSA) is 99.7 Å². The van der Waals surface area contributed by atoms with E-state index in [0.717, 1.165) is 19.3 Å². The van der Waals surface area contributed by atoms with Crippen molar-refractivity contribution in [3.8, 4) is 18.1 Å². The first-order valence-electron chi connectivity index (χ1n) is 13.8. The molecule has 1 aliphatic carbocycles. The number of fused-ring (bicyclic) bond motifs is 13. The normalized spacial score (nSPS) is 22.2. The second-order valence-electron chi connectivity index (χ2n) is 10.5. The molecule has 3 atom stereocenters. The minimum absolute atomic E-state index is 0.0158. The molecule has 7 nitrogen and oxygen atoms in total. The Bertz CT molecular complexity index is 1210. The molecular weight excluding hydrogens is 497 g/mol. The molecule has 2 heterocycles. The molecule has 0 spiro atoms. The number of aryl methyl sites for hydroxylation is 1. The summed E-state index contributed by atoms with van der Waals surface area (Å²) in [5.41, 5.74) is 2.83. The Morgan fingerprint density at radius 1 is 1.21 bits per heavy atom. The summed E-state index contributed by atoms with van der Waals surface area (Å²) >= 11 is 0. The zero-order chi connectivity index (χ0) is 27.8. The van der Waals surface area contributed by atoms with E-state index in [-0.39, 0.29) is 49.6 Å². The molecule has 2 aliphatic heterocycles. The lowest BCUT2D eigenvalue weighted by atomic mass is 9.98. The van der Waals surface area contributed by atoms with Crippen molar-refractivity contribution < 1.29 is 23.8 Å². The highest BCUT2D eigenvalue weighted by molar-refractivity contribution is 5.88. The van der Waals surface area contributed by atoms with Gasteiger partial charge in [-0.05, 0) is 67.3 Å². The molecule has 0 aromatic heterocycles. The van der Waals surface area contributed by atoms with Crippen molar-refractivity contribution in [1.82, 2.24) is 16.0 Å². The fourth-order valence-electron chi connectivity index (χ4n) is 5.00. The number of aliphatic hydroxyl groups is 1. The molecule has 2 bridgehead atoms. The van der Waals surface area contributed by atoms with Crippen LogP contribution in [-0.2, 0) is 28.0 Å². The van der Waals surface area contributed by atoms with E-state index in [1.54, 1.807) is 12.1 Å². The average Bonchev–Trinajstić information content (AvgIpc) is 3.72. The minimum Gasteiger partial charge on any atom is -0.491 e. The smallest absolute Gasteiger partial charge is 0.243 e. The molecule has 2 aromatic carbocycles. The van der Waals surface area contributed by atoms with Gasteiger partial charge in [-0.15, -0.1) is 12.3 Å². The lowest BCUT2D eigenvalue weighted by molar-refractivity contribution is -0.129. The van der Waals surface area contributed by atoms with Crippen LogP contribution in [0.25, 0.3) is 0 Å². The number of ether oxygens (including phenoxy) is 1. The maximum Gasteiger partial charge on any atom is 0.243 e. The van der Waals surface area contributed by atoms with E-state index < -0.39 is 29.9 Å². The van der Waals surface area contributed by atoms with Gasteiger partial charge in [0.25, 0.3) is 0 Å². The third-order valence-corrected chi connectivity index (χ3v) is 7.56. The molecular formula is C31H38FN3O4. The van der Waals surface area contributed by atoms with E-state index in [4.69, 9.17) is 11.2 Å². The molecule has 0 unspecified atom stereocenters. The van der Waals surface area contributed by atoms with E-state index >= 15 is 0 Å². The van der Waals surface area contributed by atoms with Crippen LogP contribution < -0.4 is 20.7 Å². The predicted molar refractivity (Wildman–Crippen MR) is 148 cm³/mol. The van der Waals surface area contributed by atoms with Gasteiger partial charge in [0, 0.05) is 24.9 Å². The number of benzene rings is 2. The summed E-state index contributed by atoms with van der Waals surface area (Å²) in [4.78, 5) is 25.7. The highest BCUT2D eigenvalue weighted by atomic mass is 19.1. The number of carbonyl (C=O) groups excluding carboxylic acids is 2. The van der Waals surface area contributed by atoms with Crippen LogP contribution in [0.4, 0.5) is 4.39 Å². The monoisotopic (exact) mass is 535 g/mol. The number of hydrogen-bond acceptors (Lipinski definition) is 5. The van der Waals surface area contributed by atoms with Crippen molar-refractivity contribution in [2.45, 2.75) is 82.0 Å². The Hall–Kier alpha value is -3.41. The SMILES string of the molecule is C#CC[C@@H]1NC(=O)CCCCOc2ccc(cc2F)C[C@@H]([C@H](O)CNC2(c3cccc(CC)c3)CC2)NC1=O. The lowest BCUT2D eigenvalue weighted by Crippen LogP contribution is -2.55. The van der Waals surface area contributed by atoms with Crippen LogP contribution in [0.15, 0.2) is 42.5 Å². The Balaban J connectivity index is 1.54. The molecule has 5 rings (SSSR count). The predicted octanol–water partition coefficient (Wildman–Crippen LogP) is 3.13. The largest absolute Gasteiger partial charge is 0.491 e. The van der Waals surface area contributed by atoms with Crippen molar-refractivity contribution in [2.75, 3.05) is 13.2 Å². The first kappa shape index (κ1) is 28.6. The summed E-state index contributed by atoms with van der Waals surface area (Å²) in [6.07, 6.45) is 8.81. The Morgan fingerprint density at radius 3 is 2.74 bits per heavy atom. The number of halogens is 1. The fourth-order valence-corrected chi connectivity index (χ4v) is 5.00. The van der Waals surface area contributed by atoms with E-state index in [0.29, 0.717) is 18.4 Å². The van der Waals surface area contributed by atoms with Crippen LogP contribution in [0.5, 0.6) is 5.75 Å². The second kappa shape index (κ2) is 13.1. The van der Waals surface area contributed by atoms with E-state index in [1.165, 1.54) is 17.2 Å². The number of terminal acetylenes is 1. The van der Waals surface area contributed by atoms with Gasteiger partial charge in [-0.1, -0.05) is 37.3 Å². The molecule has 39 heavy (non-hydrogen) atoms. The van der Waals surface area contributed by atoms with Gasteiger partial charge in [0.05, 0.1) is 18.8 Å². The van der Waals surface area contributed by atoms with Crippen LogP contribution in [0.2, 0.25) is 0 Å². The summed E-state index contributed by atoms with van der Waals surface area (Å²) in [6.45, 7) is 2.61. The zero-order valence-corrected chi connectivity index (χ0v) is 22.5. The van der Waals surface area contributed by atoms with Crippen LogP contribution >= 0.6 is 0 Å². The molecule has 8 heteroatoms. The van der Waals surface area contributed by atoms with Gasteiger partial charge < -0.3 is 25.8 Å². The summed E-state index contributed by atoms with van der Waals surface area (Å²) in [5, 5.41) is 20.4. The molecule has 2 aromatic rings. The van der Waals surface area contributed by atoms with Crippen molar-refractivity contribution in [3.63, 3.8) is 0 Å². The molecule has 3 aliphatic rings. The highest BCUT2D eigenvalue weighted by Gasteiger charge is 2.44. The third-order valence-electron chi connectivity index (χ3n) is 7.56. The quantitative estimate of drug-likeness (QED) is 0.409. The number of hydrogen-bond donors (Lipinski definition) is 4. The second-order valence-corrected chi connectivity index (χ2v) is 10.5. The molecule has 0 radical (unpaired) electrons. The van der Waals surface area contributed by atoms with Crippen molar-refractivity contribution >= 4 is 11.8 Å². The van der Waals surface area contributed by atoms with Crippen molar-refractivity contribution in [1.29, 1.82) is 0 Å². The number of rotatable bonds is 7. The molecule has 208 valence electrons. The van der Waals surface area contributed by atoms with Crippen LogP contribution in [0.3, 0.4) is 0 Å². The molecule has 2 amide bonds. The van der Waals surface area contributed by atoms with Gasteiger partial charge in [0.15, 0.2) is 11.6 Å². The first-order valence-corrected chi connectivity index (χ1v) is 13.8. The van der Waals surface area contributed by atoms with Gasteiger partial charge in [-0.25, -0.2) is 4.39 Å². The third kappa shape index (κ3) is 7.59. The molecule has 0 saturated heterocycles. The van der Waals surface area contributed by atoms with Crippen molar-refractivity contribution in [2.24, 2.45) is 0 Å². The Labute approximate surface area is 229 Å². The molecule has 4 N–H and O–H groups in total. The first-order chi connectivity index (χ1) is 18.8. The average molecular weight is 536 g/mol. The molecule has 1 saturated carbocycles. The van der Waals surface area contributed by atoms with Gasteiger partial charge in [-0.3, -0.25) is 9.59 Å². The molecule has 1 fully saturated rings. The van der Waals surface area contributed by atoms with Gasteiger partial charge in [0.2, 0.25) is 11.8 Å². The van der Waals surface area contributed by atoms with Crippen LogP contribution in [0, 0.1) is 18.2 Å². The number of aliphatic hydroxyl groups excluding tert-OH is 1. The number of amides is 2. The fraction of sp³-hybridized carbons (Fsp3) is 0.484. The number of carbonyl (C=O) groups is 2. The van der Waals surface area contributed by atoms with Crippen LogP contribution in [-0.4, -0.2) is 48.3 Å². The highest BCUT2D eigenvalue weighted by Crippen LogP contribution is 2.45. The van der Waals surface area contributed by atoms with Crippen molar-refractivity contribution in [3.05, 3.63) is 65.0 Å². The zero-order valence-electron chi connectivity index (χ0n) is 22.5. The standard InChI is InChI=1S/C31H38FN3O4/c1-3-8-25-30(38)35-26(27(36)20-33-31(14-15-31)23-10-7-9-21(4-2)17-23)19-22-12-13-28(24(32)18-22)39-16-6-5-11-29(37)34-25/h1,7,9-10,12-13,17-18,25-27,33,36H,4-6,8,11,14-16,19-20H2,2H3,(H,34,37)(H,35,38)/t25-,26-,27+/m0/s1. The Morgan fingerprint density at radius 2 is 2.03 bits per heavy atom. The van der Waals surface area contributed by atoms with Crippen LogP contribution in [0.1, 0.15) is 62.1 Å². The summed E-state index contributed by atoms with van der Waals surface area (Å²) < 4.78 is 20.3. The maximum atomic E-state index is 14.8. The summed E-state index contributed by atoms with van der Waals surface area (Å²) in [5.74, 6) is 1.31. The van der Waals surface area contributed by atoms with Gasteiger partial charge in [-0.2, -0.15) is 0 Å².